The molecule has 0 spiro atoms. The van der Waals surface area contributed by atoms with E-state index >= 15 is 0 Å². The first kappa shape index (κ1) is 15.5. The third-order valence-electron chi connectivity index (χ3n) is 5.02. The average molecular weight is 274 g/mol. The van der Waals surface area contributed by atoms with Gasteiger partial charge in [-0.1, -0.05) is 45.0 Å². The van der Waals surface area contributed by atoms with Gasteiger partial charge in [0.05, 0.1) is 0 Å². The van der Waals surface area contributed by atoms with Crippen LogP contribution in [0, 0.1) is 5.41 Å². The second kappa shape index (κ2) is 7.24. The Hall–Kier alpha value is -0.860. The van der Waals surface area contributed by atoms with Crippen molar-refractivity contribution in [2.24, 2.45) is 5.41 Å². The molecule has 112 valence electrons. The second-order valence-corrected chi connectivity index (χ2v) is 6.22. The van der Waals surface area contributed by atoms with Crippen LogP contribution in [0.1, 0.15) is 44.7 Å². The molecule has 1 aliphatic heterocycles. The van der Waals surface area contributed by atoms with Crippen LogP contribution in [-0.4, -0.2) is 31.1 Å². The Morgan fingerprint density at radius 1 is 1.10 bits per heavy atom. The fourth-order valence-corrected chi connectivity index (χ4v) is 3.33. The Balaban J connectivity index is 2.02. The van der Waals surface area contributed by atoms with Crippen molar-refractivity contribution in [2.45, 2.75) is 46.6 Å². The normalized spacial score (nSPS) is 16.1. The second-order valence-electron chi connectivity index (χ2n) is 6.22. The van der Waals surface area contributed by atoms with Crippen LogP contribution in [-0.2, 0) is 13.0 Å². The molecule has 0 amide bonds. The maximum atomic E-state index is 3.57. The molecule has 0 saturated heterocycles. The molecule has 1 aromatic rings. The van der Waals surface area contributed by atoms with E-state index in [2.05, 4.69) is 55.3 Å². The molecule has 0 radical (unpaired) electrons. The highest BCUT2D eigenvalue weighted by Gasteiger charge is 2.29. The number of rotatable bonds is 7. The van der Waals surface area contributed by atoms with E-state index in [4.69, 9.17) is 0 Å². The highest BCUT2D eigenvalue weighted by Crippen LogP contribution is 2.29. The molecule has 1 aromatic carbocycles. The van der Waals surface area contributed by atoms with Crippen LogP contribution < -0.4 is 5.32 Å². The maximum absolute atomic E-state index is 3.57. The molecule has 0 fully saturated rings. The van der Waals surface area contributed by atoms with E-state index in [1.807, 2.05) is 0 Å². The van der Waals surface area contributed by atoms with Gasteiger partial charge in [0.25, 0.3) is 0 Å². The highest BCUT2D eigenvalue weighted by molar-refractivity contribution is 5.29. The van der Waals surface area contributed by atoms with Crippen LogP contribution in [0.3, 0.4) is 0 Å². The molecule has 20 heavy (non-hydrogen) atoms. The summed E-state index contributed by atoms with van der Waals surface area (Å²) in [6.07, 6.45) is 3.73. The van der Waals surface area contributed by atoms with Gasteiger partial charge in [-0.05, 0) is 42.3 Å². The molecule has 0 aromatic heterocycles. The van der Waals surface area contributed by atoms with Gasteiger partial charge in [-0.3, -0.25) is 4.90 Å². The van der Waals surface area contributed by atoms with Crippen LogP contribution in [0.25, 0.3) is 0 Å². The quantitative estimate of drug-likeness (QED) is 0.819. The maximum Gasteiger partial charge on any atom is 0.0236 e. The lowest BCUT2D eigenvalue weighted by atomic mass is 9.81. The minimum atomic E-state index is 0.433. The van der Waals surface area contributed by atoms with Gasteiger partial charge in [-0.2, -0.15) is 0 Å². The Morgan fingerprint density at radius 2 is 1.80 bits per heavy atom. The summed E-state index contributed by atoms with van der Waals surface area (Å²) < 4.78 is 0. The van der Waals surface area contributed by atoms with E-state index in [1.165, 1.54) is 37.9 Å². The lowest BCUT2D eigenvalue weighted by Gasteiger charge is -2.39. The molecule has 0 atom stereocenters. The molecule has 1 heterocycles. The fourth-order valence-electron chi connectivity index (χ4n) is 3.33. The monoisotopic (exact) mass is 274 g/mol. The number of hydrogen-bond donors (Lipinski definition) is 1. The largest absolute Gasteiger partial charge is 0.316 e. The topological polar surface area (TPSA) is 15.3 Å². The lowest BCUT2D eigenvalue weighted by Crippen LogP contribution is -2.45. The van der Waals surface area contributed by atoms with Gasteiger partial charge in [0.1, 0.15) is 0 Å². The summed E-state index contributed by atoms with van der Waals surface area (Å²) in [4.78, 5) is 2.66. The summed E-state index contributed by atoms with van der Waals surface area (Å²) in [5, 5.41) is 3.57. The minimum Gasteiger partial charge on any atom is -0.316 e. The third kappa shape index (κ3) is 3.62. The van der Waals surface area contributed by atoms with Gasteiger partial charge in [-0.15, -0.1) is 0 Å². The molecule has 0 unspecified atom stereocenters. The van der Waals surface area contributed by atoms with E-state index in [0.29, 0.717) is 5.41 Å². The van der Waals surface area contributed by atoms with Crippen molar-refractivity contribution >= 4 is 0 Å². The highest BCUT2D eigenvalue weighted by atomic mass is 15.1. The van der Waals surface area contributed by atoms with Crippen LogP contribution in [0.15, 0.2) is 24.3 Å². The van der Waals surface area contributed by atoms with Gasteiger partial charge in [0, 0.05) is 26.2 Å². The van der Waals surface area contributed by atoms with Gasteiger partial charge >= 0.3 is 0 Å². The minimum absolute atomic E-state index is 0.433. The zero-order valence-electron chi connectivity index (χ0n) is 13.4. The Labute approximate surface area is 124 Å². The lowest BCUT2D eigenvalue weighted by molar-refractivity contribution is 0.124. The van der Waals surface area contributed by atoms with Crippen LogP contribution in [0.4, 0.5) is 0 Å². The van der Waals surface area contributed by atoms with Gasteiger partial charge in [0.15, 0.2) is 0 Å². The molecule has 1 aliphatic rings. The first-order valence-corrected chi connectivity index (χ1v) is 8.23. The summed E-state index contributed by atoms with van der Waals surface area (Å²) >= 11 is 0. The van der Waals surface area contributed by atoms with Crippen molar-refractivity contribution in [3.63, 3.8) is 0 Å². The molecule has 2 heteroatoms. The summed E-state index contributed by atoms with van der Waals surface area (Å²) in [7, 11) is 0. The molecule has 1 N–H and O–H groups in total. The van der Waals surface area contributed by atoms with E-state index in [9.17, 15) is 0 Å². The molecule has 2 nitrogen and oxygen atoms in total. The van der Waals surface area contributed by atoms with Crippen molar-refractivity contribution in [3.8, 4) is 0 Å². The van der Waals surface area contributed by atoms with Gasteiger partial charge in [-0.25, -0.2) is 0 Å². The van der Waals surface area contributed by atoms with E-state index in [1.54, 1.807) is 5.56 Å². The standard InChI is InChI=1S/C18H30N2/c1-4-18(5-2,14-19-6-3)15-20-12-11-16-9-7-8-10-17(16)13-20/h7-10,19H,4-6,11-15H2,1-3H3. The zero-order valence-corrected chi connectivity index (χ0v) is 13.4. The van der Waals surface area contributed by atoms with Crippen molar-refractivity contribution in [1.29, 1.82) is 0 Å². The Bertz CT molecular complexity index is 410. The van der Waals surface area contributed by atoms with Crippen molar-refractivity contribution < 1.29 is 0 Å². The number of hydrogen-bond acceptors (Lipinski definition) is 2. The first-order chi connectivity index (χ1) is 9.73. The van der Waals surface area contributed by atoms with Crippen molar-refractivity contribution in [1.82, 2.24) is 10.2 Å². The van der Waals surface area contributed by atoms with Crippen LogP contribution in [0.5, 0.6) is 0 Å². The summed E-state index contributed by atoms with van der Waals surface area (Å²) in [6, 6.07) is 8.93. The van der Waals surface area contributed by atoms with Crippen LogP contribution >= 0.6 is 0 Å². The fraction of sp³-hybridized carbons (Fsp3) is 0.667. The van der Waals surface area contributed by atoms with Crippen molar-refractivity contribution in [3.05, 3.63) is 35.4 Å². The van der Waals surface area contributed by atoms with E-state index in [-0.39, 0.29) is 0 Å². The number of nitrogens with one attached hydrogen (secondary N) is 1. The number of fused-ring (bicyclic) bond motifs is 1. The molecular formula is C18H30N2. The summed E-state index contributed by atoms with van der Waals surface area (Å²) in [6.45, 7) is 12.7. The SMILES string of the molecule is CCNCC(CC)(CC)CN1CCc2ccccc2C1. The smallest absolute Gasteiger partial charge is 0.0236 e. The number of benzene rings is 1. The molecule has 0 aliphatic carbocycles. The van der Waals surface area contributed by atoms with Gasteiger partial charge < -0.3 is 5.32 Å². The van der Waals surface area contributed by atoms with Crippen LogP contribution in [0.2, 0.25) is 0 Å². The first-order valence-electron chi connectivity index (χ1n) is 8.23. The molecular weight excluding hydrogens is 244 g/mol. The zero-order chi connectivity index (χ0) is 14.4. The van der Waals surface area contributed by atoms with E-state index in [0.717, 1.165) is 19.6 Å². The molecule has 2 rings (SSSR count). The predicted octanol–water partition coefficient (Wildman–Crippen LogP) is 3.46. The summed E-state index contributed by atoms with van der Waals surface area (Å²) in [5.74, 6) is 0. The molecule has 0 saturated carbocycles. The molecule has 0 bridgehead atoms. The van der Waals surface area contributed by atoms with Crippen molar-refractivity contribution in [2.75, 3.05) is 26.2 Å². The number of nitrogens with zero attached hydrogens (tertiary/aromatic N) is 1. The van der Waals surface area contributed by atoms with E-state index < -0.39 is 0 Å². The Kier molecular flexibility index (Phi) is 5.62. The van der Waals surface area contributed by atoms with Gasteiger partial charge in [0.2, 0.25) is 0 Å². The third-order valence-corrected chi connectivity index (χ3v) is 5.02. The summed E-state index contributed by atoms with van der Waals surface area (Å²) in [5.41, 5.74) is 3.51. The Morgan fingerprint density at radius 3 is 2.45 bits per heavy atom. The average Bonchev–Trinajstić information content (AvgIpc) is 2.51. The predicted molar refractivity (Wildman–Crippen MR) is 87.0 cm³/mol.